The van der Waals surface area contributed by atoms with Gasteiger partial charge in [-0.25, -0.2) is 0 Å². The Balaban J connectivity index is 1.51. The summed E-state index contributed by atoms with van der Waals surface area (Å²) in [7, 11) is 2.33. The van der Waals surface area contributed by atoms with Crippen molar-refractivity contribution in [3.8, 4) is 0 Å². The Bertz CT molecular complexity index is 227. The molecule has 0 aliphatic heterocycles. The van der Waals surface area contributed by atoms with Crippen molar-refractivity contribution in [2.75, 3.05) is 20.1 Å². The molecule has 0 unspecified atom stereocenters. The van der Waals surface area contributed by atoms with E-state index in [0.717, 1.165) is 18.0 Å². The van der Waals surface area contributed by atoms with Crippen molar-refractivity contribution in [2.45, 2.75) is 83.2 Å². The fraction of sp³-hybridized carbons (Fsp3) is 1.00. The molecular formula is C17H34N2. The van der Waals surface area contributed by atoms with E-state index in [2.05, 4.69) is 24.2 Å². The zero-order valence-electron chi connectivity index (χ0n) is 13.2. The van der Waals surface area contributed by atoms with Crippen LogP contribution in [0.3, 0.4) is 0 Å². The molecule has 0 saturated heterocycles. The van der Waals surface area contributed by atoms with Gasteiger partial charge in [-0.15, -0.1) is 0 Å². The van der Waals surface area contributed by atoms with Crippen LogP contribution < -0.4 is 5.32 Å². The van der Waals surface area contributed by atoms with E-state index in [9.17, 15) is 0 Å². The smallest absolute Gasteiger partial charge is 0.00922 e. The Labute approximate surface area is 120 Å². The first kappa shape index (κ1) is 15.3. The minimum absolute atomic E-state index is 0.816. The minimum atomic E-state index is 0.816. The van der Waals surface area contributed by atoms with E-state index in [-0.39, 0.29) is 0 Å². The summed E-state index contributed by atoms with van der Waals surface area (Å²) in [5.41, 5.74) is 0. The first-order valence-electron chi connectivity index (χ1n) is 8.69. The van der Waals surface area contributed by atoms with Gasteiger partial charge in [0.1, 0.15) is 0 Å². The summed E-state index contributed by atoms with van der Waals surface area (Å²) < 4.78 is 0. The molecule has 0 aromatic carbocycles. The first-order chi connectivity index (χ1) is 9.25. The SMILES string of the molecule is CC1CCC(NCCCN(C)C2CCCCC2)CC1. The summed E-state index contributed by atoms with van der Waals surface area (Å²) in [5, 5.41) is 3.77. The van der Waals surface area contributed by atoms with Crippen LogP contribution in [0.25, 0.3) is 0 Å². The molecule has 2 aliphatic rings. The van der Waals surface area contributed by atoms with Gasteiger partial charge in [0.15, 0.2) is 0 Å². The molecule has 2 rings (SSSR count). The van der Waals surface area contributed by atoms with E-state index in [1.54, 1.807) is 0 Å². The predicted octanol–water partition coefficient (Wildman–Crippen LogP) is 3.81. The largest absolute Gasteiger partial charge is 0.314 e. The van der Waals surface area contributed by atoms with Gasteiger partial charge in [0.25, 0.3) is 0 Å². The van der Waals surface area contributed by atoms with Crippen LogP contribution in [0.1, 0.15) is 71.1 Å². The predicted molar refractivity (Wildman–Crippen MR) is 83.5 cm³/mol. The number of hydrogen-bond acceptors (Lipinski definition) is 2. The summed E-state index contributed by atoms with van der Waals surface area (Å²) in [5.74, 6) is 0.968. The molecule has 0 aromatic heterocycles. The normalized spacial score (nSPS) is 29.8. The molecule has 0 amide bonds. The fourth-order valence-electron chi connectivity index (χ4n) is 3.80. The van der Waals surface area contributed by atoms with E-state index in [4.69, 9.17) is 0 Å². The second kappa shape index (κ2) is 8.26. The number of nitrogens with one attached hydrogen (secondary N) is 1. The second-order valence-electron chi connectivity index (χ2n) is 7.04. The van der Waals surface area contributed by atoms with Crippen LogP contribution >= 0.6 is 0 Å². The van der Waals surface area contributed by atoms with Gasteiger partial charge in [0.2, 0.25) is 0 Å². The van der Waals surface area contributed by atoms with Crippen molar-refractivity contribution < 1.29 is 0 Å². The van der Waals surface area contributed by atoms with E-state index < -0.39 is 0 Å². The molecule has 2 fully saturated rings. The van der Waals surface area contributed by atoms with Crippen molar-refractivity contribution in [1.29, 1.82) is 0 Å². The molecule has 0 aromatic rings. The molecule has 2 saturated carbocycles. The van der Waals surface area contributed by atoms with Crippen LogP contribution in [0, 0.1) is 5.92 Å². The third kappa shape index (κ3) is 5.43. The highest BCUT2D eigenvalue weighted by atomic mass is 15.1. The molecule has 0 atom stereocenters. The van der Waals surface area contributed by atoms with E-state index in [1.165, 1.54) is 77.3 Å². The van der Waals surface area contributed by atoms with Crippen LogP contribution in [0.4, 0.5) is 0 Å². The van der Waals surface area contributed by atoms with Gasteiger partial charge in [-0.05, 0) is 71.0 Å². The maximum atomic E-state index is 3.77. The number of hydrogen-bond donors (Lipinski definition) is 1. The van der Waals surface area contributed by atoms with Gasteiger partial charge in [-0.1, -0.05) is 26.2 Å². The lowest BCUT2D eigenvalue weighted by molar-refractivity contribution is 0.188. The van der Waals surface area contributed by atoms with Crippen LogP contribution in [0.2, 0.25) is 0 Å². The van der Waals surface area contributed by atoms with Gasteiger partial charge in [-0.2, -0.15) is 0 Å². The Kier molecular flexibility index (Phi) is 6.66. The number of rotatable bonds is 6. The summed E-state index contributed by atoms with van der Waals surface area (Å²) in [6, 6.07) is 1.69. The Morgan fingerprint density at radius 3 is 2.32 bits per heavy atom. The Morgan fingerprint density at radius 1 is 0.947 bits per heavy atom. The molecule has 0 radical (unpaired) electrons. The lowest BCUT2D eigenvalue weighted by atomic mass is 9.87. The zero-order valence-corrected chi connectivity index (χ0v) is 13.2. The highest BCUT2D eigenvalue weighted by Gasteiger charge is 2.19. The summed E-state index contributed by atoms with van der Waals surface area (Å²) >= 11 is 0. The van der Waals surface area contributed by atoms with Crippen molar-refractivity contribution in [2.24, 2.45) is 5.92 Å². The van der Waals surface area contributed by atoms with Crippen molar-refractivity contribution in [3.05, 3.63) is 0 Å². The van der Waals surface area contributed by atoms with Crippen molar-refractivity contribution in [1.82, 2.24) is 10.2 Å². The number of nitrogens with zero attached hydrogens (tertiary/aromatic N) is 1. The molecule has 2 nitrogen and oxygen atoms in total. The lowest BCUT2D eigenvalue weighted by Gasteiger charge is -2.31. The minimum Gasteiger partial charge on any atom is -0.314 e. The molecule has 0 heterocycles. The van der Waals surface area contributed by atoms with Crippen molar-refractivity contribution in [3.63, 3.8) is 0 Å². The molecule has 0 spiro atoms. The van der Waals surface area contributed by atoms with Gasteiger partial charge >= 0.3 is 0 Å². The van der Waals surface area contributed by atoms with E-state index in [0.29, 0.717) is 0 Å². The van der Waals surface area contributed by atoms with Gasteiger partial charge in [0, 0.05) is 12.1 Å². The van der Waals surface area contributed by atoms with Crippen LogP contribution in [0.15, 0.2) is 0 Å². The molecule has 19 heavy (non-hydrogen) atoms. The van der Waals surface area contributed by atoms with E-state index >= 15 is 0 Å². The van der Waals surface area contributed by atoms with Gasteiger partial charge in [0.05, 0.1) is 0 Å². The lowest BCUT2D eigenvalue weighted by Crippen LogP contribution is -2.37. The van der Waals surface area contributed by atoms with Crippen LogP contribution in [-0.4, -0.2) is 37.1 Å². The maximum Gasteiger partial charge on any atom is 0.00922 e. The summed E-state index contributed by atoms with van der Waals surface area (Å²) in [4.78, 5) is 2.61. The summed E-state index contributed by atoms with van der Waals surface area (Å²) in [6.45, 7) is 4.90. The Morgan fingerprint density at radius 2 is 1.63 bits per heavy atom. The maximum absolute atomic E-state index is 3.77. The zero-order chi connectivity index (χ0) is 13.5. The van der Waals surface area contributed by atoms with Gasteiger partial charge < -0.3 is 10.2 Å². The highest BCUT2D eigenvalue weighted by Crippen LogP contribution is 2.23. The Hall–Kier alpha value is -0.0800. The fourth-order valence-corrected chi connectivity index (χ4v) is 3.80. The molecule has 112 valence electrons. The molecule has 1 N–H and O–H groups in total. The monoisotopic (exact) mass is 266 g/mol. The van der Waals surface area contributed by atoms with Crippen molar-refractivity contribution >= 4 is 0 Å². The van der Waals surface area contributed by atoms with Crippen LogP contribution in [-0.2, 0) is 0 Å². The highest BCUT2D eigenvalue weighted by molar-refractivity contribution is 4.76. The first-order valence-corrected chi connectivity index (χ1v) is 8.69. The quantitative estimate of drug-likeness (QED) is 0.736. The average Bonchev–Trinajstić information content (AvgIpc) is 2.46. The average molecular weight is 266 g/mol. The molecule has 0 bridgehead atoms. The third-order valence-electron chi connectivity index (χ3n) is 5.33. The molecule has 2 aliphatic carbocycles. The second-order valence-corrected chi connectivity index (χ2v) is 7.04. The third-order valence-corrected chi connectivity index (χ3v) is 5.33. The molecular weight excluding hydrogens is 232 g/mol. The van der Waals surface area contributed by atoms with E-state index in [1.807, 2.05) is 0 Å². The standard InChI is InChI=1S/C17H34N2/c1-15-9-11-16(12-10-15)18-13-6-14-19(2)17-7-4-3-5-8-17/h15-18H,3-14H2,1-2H3. The summed E-state index contributed by atoms with van der Waals surface area (Å²) in [6.07, 6.45) is 14.2. The van der Waals surface area contributed by atoms with Crippen LogP contribution in [0.5, 0.6) is 0 Å². The van der Waals surface area contributed by atoms with Gasteiger partial charge in [-0.3, -0.25) is 0 Å². The topological polar surface area (TPSA) is 15.3 Å². The molecule has 2 heteroatoms.